The van der Waals surface area contributed by atoms with E-state index in [0.29, 0.717) is 35.0 Å². The third kappa shape index (κ3) is 3.33. The van der Waals surface area contributed by atoms with Crippen LogP contribution in [0.2, 0.25) is 5.02 Å². The van der Waals surface area contributed by atoms with Crippen LogP contribution in [-0.4, -0.2) is 36.4 Å². The number of methoxy groups -OCH3 is 1. The summed E-state index contributed by atoms with van der Waals surface area (Å²) in [6.45, 7) is 4.86. The van der Waals surface area contributed by atoms with Crippen LogP contribution in [0, 0.1) is 0 Å². The minimum absolute atomic E-state index is 0.121. The molecule has 0 aliphatic carbocycles. The second kappa shape index (κ2) is 6.59. The number of carbonyl (C=O) groups excluding carboxylic acids is 1. The van der Waals surface area contributed by atoms with Gasteiger partial charge in [0.25, 0.3) is 0 Å². The van der Waals surface area contributed by atoms with Crippen LogP contribution in [0.1, 0.15) is 43.5 Å². The van der Waals surface area contributed by atoms with Gasteiger partial charge in [0.1, 0.15) is 5.75 Å². The van der Waals surface area contributed by atoms with Crippen LogP contribution in [0.15, 0.2) is 18.2 Å². The van der Waals surface area contributed by atoms with E-state index >= 15 is 0 Å². The van der Waals surface area contributed by atoms with Crippen molar-refractivity contribution in [3.63, 3.8) is 0 Å². The van der Waals surface area contributed by atoms with Crippen LogP contribution in [0.5, 0.6) is 5.75 Å². The topological polar surface area (TPSA) is 29.5 Å². The largest absolute Gasteiger partial charge is 0.495 e. The van der Waals surface area contributed by atoms with E-state index in [2.05, 4.69) is 18.7 Å². The molecule has 1 aromatic rings. The predicted octanol–water partition coefficient (Wildman–Crippen LogP) is 3.79. The fourth-order valence-electron chi connectivity index (χ4n) is 2.88. The molecule has 0 amide bonds. The Labute approximate surface area is 125 Å². The predicted molar refractivity (Wildman–Crippen MR) is 81.8 cm³/mol. The van der Waals surface area contributed by atoms with Gasteiger partial charge in [-0.15, -0.1) is 0 Å². The van der Waals surface area contributed by atoms with Crippen molar-refractivity contribution in [2.45, 2.75) is 45.2 Å². The first-order valence-electron chi connectivity index (χ1n) is 7.15. The fourth-order valence-corrected chi connectivity index (χ4v) is 3.14. The SMILES string of the molecule is COc1ccc(C(=O)CN2[C@H](C)CCC[C@@H]2C)cc1Cl. The number of likely N-dealkylation sites (tertiary alicyclic amines) is 1. The van der Waals surface area contributed by atoms with Gasteiger partial charge in [0.2, 0.25) is 0 Å². The number of rotatable bonds is 4. The molecule has 0 unspecified atom stereocenters. The molecular formula is C16H22ClNO2. The molecule has 0 radical (unpaired) electrons. The maximum Gasteiger partial charge on any atom is 0.176 e. The average Bonchev–Trinajstić information content (AvgIpc) is 2.42. The third-order valence-electron chi connectivity index (χ3n) is 4.18. The normalized spacial score (nSPS) is 23.6. The molecule has 1 fully saturated rings. The number of ketones is 1. The first kappa shape index (κ1) is 15.3. The summed E-state index contributed by atoms with van der Waals surface area (Å²) in [4.78, 5) is 14.7. The van der Waals surface area contributed by atoms with E-state index in [1.807, 2.05) is 0 Å². The number of ether oxygens (including phenoxy) is 1. The number of piperidine rings is 1. The lowest BCUT2D eigenvalue weighted by atomic mass is 9.96. The Hall–Kier alpha value is -1.06. The van der Waals surface area contributed by atoms with Crippen molar-refractivity contribution in [1.29, 1.82) is 0 Å². The lowest BCUT2D eigenvalue weighted by Gasteiger charge is -2.38. The summed E-state index contributed by atoms with van der Waals surface area (Å²) in [7, 11) is 1.57. The maximum absolute atomic E-state index is 12.4. The zero-order valence-corrected chi connectivity index (χ0v) is 13.1. The quantitative estimate of drug-likeness (QED) is 0.792. The van der Waals surface area contributed by atoms with Crippen molar-refractivity contribution in [3.05, 3.63) is 28.8 Å². The van der Waals surface area contributed by atoms with Gasteiger partial charge >= 0.3 is 0 Å². The van der Waals surface area contributed by atoms with Crippen molar-refractivity contribution < 1.29 is 9.53 Å². The van der Waals surface area contributed by atoms with Crippen LogP contribution >= 0.6 is 11.6 Å². The van der Waals surface area contributed by atoms with E-state index in [1.165, 1.54) is 19.3 Å². The van der Waals surface area contributed by atoms with Crippen LogP contribution < -0.4 is 4.74 Å². The zero-order valence-electron chi connectivity index (χ0n) is 12.4. The highest BCUT2D eigenvalue weighted by molar-refractivity contribution is 6.32. The molecule has 1 heterocycles. The lowest BCUT2D eigenvalue weighted by Crippen LogP contribution is -2.46. The standard InChI is InChI=1S/C16H22ClNO2/c1-11-5-4-6-12(2)18(11)10-15(19)13-7-8-16(20-3)14(17)9-13/h7-9,11-12H,4-6,10H2,1-3H3/t11-,12+. The lowest BCUT2D eigenvalue weighted by molar-refractivity contribution is 0.0734. The Morgan fingerprint density at radius 2 is 2.00 bits per heavy atom. The molecule has 110 valence electrons. The highest BCUT2D eigenvalue weighted by atomic mass is 35.5. The molecule has 1 aliphatic heterocycles. The molecule has 1 saturated heterocycles. The number of carbonyl (C=O) groups is 1. The molecule has 3 nitrogen and oxygen atoms in total. The van der Waals surface area contributed by atoms with Crippen molar-refractivity contribution in [1.82, 2.24) is 4.90 Å². The molecule has 2 rings (SSSR count). The molecular weight excluding hydrogens is 274 g/mol. The first-order chi connectivity index (χ1) is 9.52. The van der Waals surface area contributed by atoms with Gasteiger partial charge in [-0.3, -0.25) is 9.69 Å². The molecule has 4 heteroatoms. The number of benzene rings is 1. The summed E-state index contributed by atoms with van der Waals surface area (Å²) in [5.41, 5.74) is 0.653. The highest BCUT2D eigenvalue weighted by Crippen LogP contribution is 2.26. The first-order valence-corrected chi connectivity index (χ1v) is 7.53. The van der Waals surface area contributed by atoms with E-state index < -0.39 is 0 Å². The second-order valence-electron chi connectivity index (χ2n) is 5.57. The second-order valence-corrected chi connectivity index (χ2v) is 5.98. The summed E-state index contributed by atoms with van der Waals surface area (Å²) in [6.07, 6.45) is 3.59. The Morgan fingerprint density at radius 1 is 1.35 bits per heavy atom. The molecule has 0 N–H and O–H groups in total. The molecule has 2 atom stereocenters. The van der Waals surface area contributed by atoms with Crippen LogP contribution in [-0.2, 0) is 0 Å². The van der Waals surface area contributed by atoms with Crippen molar-refractivity contribution >= 4 is 17.4 Å². The minimum Gasteiger partial charge on any atom is -0.495 e. The van der Waals surface area contributed by atoms with Gasteiger partial charge in [-0.2, -0.15) is 0 Å². The van der Waals surface area contributed by atoms with E-state index in [-0.39, 0.29) is 5.78 Å². The molecule has 0 spiro atoms. The van der Waals surface area contributed by atoms with Crippen LogP contribution in [0.25, 0.3) is 0 Å². The van der Waals surface area contributed by atoms with Gasteiger partial charge in [0, 0.05) is 17.6 Å². The monoisotopic (exact) mass is 295 g/mol. The Balaban J connectivity index is 2.09. The average molecular weight is 296 g/mol. The minimum atomic E-state index is 0.121. The van der Waals surface area contributed by atoms with Gasteiger partial charge in [-0.1, -0.05) is 18.0 Å². The summed E-state index contributed by atoms with van der Waals surface area (Å²) in [5, 5.41) is 0.484. The van der Waals surface area contributed by atoms with Gasteiger partial charge < -0.3 is 4.74 Å². The van der Waals surface area contributed by atoms with E-state index in [0.717, 1.165) is 0 Å². The Kier molecular flexibility index (Phi) is 5.06. The van der Waals surface area contributed by atoms with Gasteiger partial charge in [0.05, 0.1) is 18.7 Å². The van der Waals surface area contributed by atoms with E-state index in [9.17, 15) is 4.79 Å². The van der Waals surface area contributed by atoms with Gasteiger partial charge in [-0.25, -0.2) is 0 Å². The van der Waals surface area contributed by atoms with Crippen molar-refractivity contribution in [2.75, 3.05) is 13.7 Å². The fraction of sp³-hybridized carbons (Fsp3) is 0.562. The molecule has 0 aromatic heterocycles. The van der Waals surface area contributed by atoms with E-state index in [1.54, 1.807) is 25.3 Å². The summed E-state index contributed by atoms with van der Waals surface area (Å²) < 4.78 is 5.11. The van der Waals surface area contributed by atoms with Crippen LogP contribution in [0.3, 0.4) is 0 Å². The number of Topliss-reactive ketones (excluding diaryl/α,β-unsaturated/α-hetero) is 1. The Morgan fingerprint density at radius 3 is 2.55 bits per heavy atom. The smallest absolute Gasteiger partial charge is 0.176 e. The summed E-state index contributed by atoms with van der Waals surface area (Å²) >= 11 is 6.08. The highest BCUT2D eigenvalue weighted by Gasteiger charge is 2.26. The van der Waals surface area contributed by atoms with Crippen LogP contribution in [0.4, 0.5) is 0 Å². The third-order valence-corrected chi connectivity index (χ3v) is 4.47. The molecule has 0 saturated carbocycles. The van der Waals surface area contributed by atoms with Crippen molar-refractivity contribution in [3.8, 4) is 5.75 Å². The van der Waals surface area contributed by atoms with Gasteiger partial charge in [0.15, 0.2) is 5.78 Å². The molecule has 20 heavy (non-hydrogen) atoms. The summed E-state index contributed by atoms with van der Waals surface area (Å²) in [6, 6.07) is 6.17. The summed E-state index contributed by atoms with van der Waals surface area (Å²) in [5.74, 6) is 0.720. The number of nitrogens with zero attached hydrogens (tertiary/aromatic N) is 1. The maximum atomic E-state index is 12.4. The number of halogens is 1. The number of hydrogen-bond donors (Lipinski definition) is 0. The Bertz CT molecular complexity index is 479. The zero-order chi connectivity index (χ0) is 14.7. The van der Waals surface area contributed by atoms with E-state index in [4.69, 9.17) is 16.3 Å². The van der Waals surface area contributed by atoms with Crippen molar-refractivity contribution in [2.24, 2.45) is 0 Å². The molecule has 0 bridgehead atoms. The molecule has 1 aromatic carbocycles. The van der Waals surface area contributed by atoms with Gasteiger partial charge in [-0.05, 0) is 44.9 Å². The number of hydrogen-bond acceptors (Lipinski definition) is 3. The molecule has 1 aliphatic rings.